The van der Waals surface area contributed by atoms with Crippen molar-refractivity contribution in [3.05, 3.63) is 17.5 Å². The van der Waals surface area contributed by atoms with Crippen LogP contribution in [0.2, 0.25) is 0 Å². The van der Waals surface area contributed by atoms with Crippen molar-refractivity contribution in [2.45, 2.75) is 33.6 Å². The van der Waals surface area contributed by atoms with Gasteiger partial charge >= 0.3 is 29.6 Å². The van der Waals surface area contributed by atoms with E-state index in [2.05, 4.69) is 10.6 Å². The van der Waals surface area contributed by atoms with Crippen LogP contribution in [0.4, 0.5) is 4.79 Å². The summed E-state index contributed by atoms with van der Waals surface area (Å²) < 4.78 is 0. The Balaban J connectivity index is 0.00000289. The Bertz CT molecular complexity index is 360. The van der Waals surface area contributed by atoms with E-state index in [9.17, 15) is 14.4 Å². The molecule has 6 heteroatoms. The molecule has 1 aliphatic rings. The molecule has 0 bridgehead atoms. The average Bonchev–Trinajstić information content (AvgIpc) is 2.27. The maximum absolute atomic E-state index is 12.0. The number of imide groups is 2. The van der Waals surface area contributed by atoms with Crippen LogP contribution in [-0.2, 0) is 9.59 Å². The normalized spacial score (nSPS) is 25.4. The summed E-state index contributed by atoms with van der Waals surface area (Å²) in [6.07, 6.45) is 4.60. The maximum Gasteiger partial charge on any atom is 1.00 e. The minimum absolute atomic E-state index is 0. The first-order chi connectivity index (χ1) is 8.02. The second-order valence-corrected chi connectivity index (χ2v) is 4.04. The molecule has 0 saturated carbocycles. The molecule has 94 valence electrons. The third kappa shape index (κ3) is 2.84. The van der Waals surface area contributed by atoms with Crippen LogP contribution < -0.4 is 34.9 Å². The third-order valence-electron chi connectivity index (χ3n) is 3.27. The molecule has 5 nitrogen and oxygen atoms in total. The Morgan fingerprint density at radius 2 is 1.94 bits per heavy atom. The summed E-state index contributed by atoms with van der Waals surface area (Å²) in [5.74, 6) is -1.39. The van der Waals surface area contributed by atoms with Crippen LogP contribution in [0.5, 0.6) is 0 Å². The van der Waals surface area contributed by atoms with Crippen LogP contribution in [-0.4, -0.2) is 17.8 Å². The van der Waals surface area contributed by atoms with Gasteiger partial charge in [0.25, 0.3) is 0 Å². The molecule has 1 saturated heterocycles. The van der Waals surface area contributed by atoms with E-state index in [0.29, 0.717) is 12.8 Å². The van der Waals surface area contributed by atoms with E-state index < -0.39 is 23.3 Å². The van der Waals surface area contributed by atoms with Crippen molar-refractivity contribution < 1.29 is 43.9 Å². The molecular formula is C12H17N2NaO3. The van der Waals surface area contributed by atoms with Gasteiger partial charge < -0.3 is 10.6 Å². The second-order valence-electron chi connectivity index (χ2n) is 4.04. The van der Waals surface area contributed by atoms with E-state index in [1.807, 2.05) is 26.0 Å². The molecule has 0 aromatic heterocycles. The molecule has 2 atom stereocenters. The molecule has 1 aliphatic heterocycles. The van der Waals surface area contributed by atoms with E-state index in [0.717, 1.165) is 0 Å². The Hall–Kier alpha value is -0.650. The molecule has 0 spiro atoms. The topological polar surface area (TPSA) is 77.3 Å². The predicted octanol–water partition coefficient (Wildman–Crippen LogP) is -0.861. The van der Waals surface area contributed by atoms with Gasteiger partial charge in [0.1, 0.15) is 0 Å². The quantitative estimate of drug-likeness (QED) is 0.406. The van der Waals surface area contributed by atoms with Gasteiger partial charge in [-0.2, -0.15) is 0 Å². The summed E-state index contributed by atoms with van der Waals surface area (Å²) in [5.41, 5.74) is -1.23. The number of carbonyl (C=O) groups excluding carboxylic acids is 3. The van der Waals surface area contributed by atoms with Crippen molar-refractivity contribution in [1.82, 2.24) is 5.32 Å². The summed E-state index contributed by atoms with van der Waals surface area (Å²) in [7, 11) is 0. The molecule has 1 heterocycles. The zero-order valence-electron chi connectivity index (χ0n) is 11.3. The molecule has 1 N–H and O–H groups in total. The van der Waals surface area contributed by atoms with Crippen LogP contribution in [0.15, 0.2) is 12.2 Å². The fourth-order valence-corrected chi connectivity index (χ4v) is 2.31. The van der Waals surface area contributed by atoms with E-state index in [1.165, 1.54) is 0 Å². The first-order valence-electron chi connectivity index (χ1n) is 5.77. The Morgan fingerprint density at radius 3 is 2.33 bits per heavy atom. The van der Waals surface area contributed by atoms with Gasteiger partial charge in [0.15, 0.2) is 17.8 Å². The van der Waals surface area contributed by atoms with Crippen LogP contribution >= 0.6 is 0 Å². The first-order valence-corrected chi connectivity index (χ1v) is 5.77. The zero-order valence-corrected chi connectivity index (χ0v) is 13.3. The second kappa shape index (κ2) is 7.07. The van der Waals surface area contributed by atoms with Crippen molar-refractivity contribution in [1.29, 1.82) is 0 Å². The fraction of sp³-hybridized carbons (Fsp3) is 0.583. The number of hydrogen-bond acceptors (Lipinski definition) is 3. The van der Waals surface area contributed by atoms with Crippen molar-refractivity contribution in [3.8, 4) is 0 Å². The number of hydrogen-bond donors (Lipinski definition) is 1. The minimum Gasteiger partial charge on any atom is -0.394 e. The monoisotopic (exact) mass is 260 g/mol. The summed E-state index contributed by atoms with van der Waals surface area (Å²) in [5, 5.41) is 5.49. The van der Waals surface area contributed by atoms with Gasteiger partial charge in [0, 0.05) is 0 Å². The molecule has 0 aromatic rings. The Morgan fingerprint density at radius 1 is 1.33 bits per heavy atom. The molecule has 0 aliphatic carbocycles. The maximum atomic E-state index is 12.0. The van der Waals surface area contributed by atoms with Gasteiger partial charge in [-0.3, -0.25) is 14.4 Å². The number of nitrogens with zero attached hydrogens (tertiary/aromatic N) is 1. The Kier molecular flexibility index (Phi) is 6.81. The summed E-state index contributed by atoms with van der Waals surface area (Å²) >= 11 is 0. The number of urea groups is 1. The largest absolute Gasteiger partial charge is 1.00 e. The molecular weight excluding hydrogens is 243 g/mol. The van der Waals surface area contributed by atoms with Gasteiger partial charge in [-0.1, -0.05) is 26.0 Å². The van der Waals surface area contributed by atoms with Gasteiger partial charge in [0.05, 0.1) is 5.41 Å². The molecule has 1 fully saturated rings. The molecule has 0 radical (unpaired) electrons. The van der Waals surface area contributed by atoms with Gasteiger partial charge in [0.2, 0.25) is 0 Å². The zero-order chi connectivity index (χ0) is 13.1. The number of carbonyl (C=O) groups is 3. The third-order valence-corrected chi connectivity index (χ3v) is 3.27. The van der Waals surface area contributed by atoms with Gasteiger partial charge in [-0.15, -0.1) is 0 Å². The number of nitrogens with one attached hydrogen (secondary N) is 1. The van der Waals surface area contributed by atoms with Gasteiger partial charge in [-0.25, -0.2) is 0 Å². The molecule has 18 heavy (non-hydrogen) atoms. The van der Waals surface area contributed by atoms with Crippen LogP contribution in [0.25, 0.3) is 5.32 Å². The van der Waals surface area contributed by atoms with E-state index >= 15 is 0 Å². The van der Waals surface area contributed by atoms with Crippen molar-refractivity contribution in [2.75, 3.05) is 0 Å². The molecule has 1 rings (SSSR count). The van der Waals surface area contributed by atoms with Gasteiger partial charge in [-0.05, 0) is 25.7 Å². The molecule has 4 amide bonds. The van der Waals surface area contributed by atoms with Crippen molar-refractivity contribution >= 4 is 17.8 Å². The van der Waals surface area contributed by atoms with E-state index in [-0.39, 0.29) is 35.5 Å². The van der Waals surface area contributed by atoms with Crippen molar-refractivity contribution in [3.63, 3.8) is 0 Å². The summed E-state index contributed by atoms with van der Waals surface area (Å²) in [6, 6.07) is -0.862. The summed E-state index contributed by atoms with van der Waals surface area (Å²) in [6.45, 7) is 5.49. The predicted molar refractivity (Wildman–Crippen MR) is 63.2 cm³/mol. The molecule has 2 unspecified atom stereocenters. The van der Waals surface area contributed by atoms with Crippen LogP contribution in [0.1, 0.15) is 33.6 Å². The fourth-order valence-electron chi connectivity index (χ4n) is 2.31. The number of barbiturate groups is 1. The smallest absolute Gasteiger partial charge is 0.394 e. The van der Waals surface area contributed by atoms with Crippen molar-refractivity contribution in [2.24, 2.45) is 11.3 Å². The van der Waals surface area contributed by atoms with E-state index in [4.69, 9.17) is 0 Å². The minimum atomic E-state index is -1.23. The standard InChI is InChI=1S/C12H18N2O3.Na/c1-4-7-8(5-2)12(6-3)9(15)13-11(17)14-10(12)16;/h4,7-8H,5-6H2,1-3H3,(H2,13,14,15,16,17);/q;+1/p-1/b7-4-;. The number of rotatable bonds is 4. The number of amides is 4. The SMILES string of the molecule is C/C=C\C(CC)C1(CC)C(=O)[N-]C(=O)NC1=O.[Na+]. The Labute approximate surface area is 129 Å². The van der Waals surface area contributed by atoms with Crippen LogP contribution in [0, 0.1) is 11.3 Å². The van der Waals surface area contributed by atoms with E-state index in [1.54, 1.807) is 6.92 Å². The first kappa shape index (κ1) is 17.4. The summed E-state index contributed by atoms with van der Waals surface area (Å²) in [4.78, 5) is 35.0. The molecule has 0 aromatic carbocycles. The van der Waals surface area contributed by atoms with Crippen LogP contribution in [0.3, 0.4) is 0 Å². The number of allylic oxidation sites excluding steroid dienone is 2. The average molecular weight is 260 g/mol.